The molecule has 0 amide bonds. The number of rotatable bonds is 0. The molecule has 3 aromatic heterocycles. The van der Waals surface area contributed by atoms with Crippen LogP contribution in [0.2, 0.25) is 0 Å². The highest BCUT2D eigenvalue weighted by Crippen LogP contribution is 2.38. The van der Waals surface area contributed by atoms with Gasteiger partial charge in [0.25, 0.3) is 0 Å². The van der Waals surface area contributed by atoms with Crippen LogP contribution in [0.15, 0.2) is 11.4 Å². The third-order valence-electron chi connectivity index (χ3n) is 1.57. The SMILES string of the molecule is c1sc2c(c#1)sc1ccsc12. The van der Waals surface area contributed by atoms with E-state index in [4.69, 9.17) is 0 Å². The highest BCUT2D eigenvalue weighted by Gasteiger charge is 2.05. The van der Waals surface area contributed by atoms with Crippen molar-refractivity contribution in [2.24, 2.45) is 0 Å². The van der Waals surface area contributed by atoms with Gasteiger partial charge in [0.2, 0.25) is 0 Å². The van der Waals surface area contributed by atoms with Crippen molar-refractivity contribution in [1.29, 1.82) is 0 Å². The molecule has 0 atom stereocenters. The molecular weight excluding hydrogens is 192 g/mol. The Hall–Kier alpha value is -0.560. The first-order valence-electron chi connectivity index (χ1n) is 3.13. The Balaban J connectivity index is 2.75. The lowest BCUT2D eigenvalue weighted by atomic mass is 10.5. The molecule has 3 rings (SSSR count). The molecule has 11 heavy (non-hydrogen) atoms. The second kappa shape index (κ2) is 1.98. The van der Waals surface area contributed by atoms with Gasteiger partial charge in [0.05, 0.1) is 14.1 Å². The van der Waals surface area contributed by atoms with Gasteiger partial charge in [-0.15, -0.1) is 22.7 Å². The summed E-state index contributed by atoms with van der Waals surface area (Å²) in [6.07, 6.45) is 0. The molecule has 0 aliphatic carbocycles. The van der Waals surface area contributed by atoms with E-state index in [9.17, 15) is 0 Å². The minimum atomic E-state index is 1.26. The lowest BCUT2D eigenvalue weighted by Gasteiger charge is -1.70. The van der Waals surface area contributed by atoms with Gasteiger partial charge in [-0.1, -0.05) is 11.3 Å². The Kier molecular flexibility index (Phi) is 1.08. The van der Waals surface area contributed by atoms with Crippen LogP contribution in [0.25, 0.3) is 18.8 Å². The molecule has 3 heterocycles. The van der Waals surface area contributed by atoms with Crippen molar-refractivity contribution in [3.63, 3.8) is 0 Å². The normalized spacial score (nSPS) is 10.9. The largest absolute Gasteiger partial charge is 0.141 e. The summed E-state index contributed by atoms with van der Waals surface area (Å²) < 4.78 is 5.42. The molecule has 0 unspecified atom stereocenters. The Labute approximate surface area is 75.7 Å². The summed E-state index contributed by atoms with van der Waals surface area (Å²) in [6.45, 7) is 0. The van der Waals surface area contributed by atoms with Crippen molar-refractivity contribution in [3.05, 3.63) is 22.9 Å². The predicted molar refractivity (Wildman–Crippen MR) is 52.8 cm³/mol. The molecule has 3 aromatic rings. The molecule has 0 nitrogen and oxygen atoms in total. The minimum absolute atomic E-state index is 1.26. The maximum absolute atomic E-state index is 3.11. The van der Waals surface area contributed by atoms with Crippen LogP contribution in [-0.4, -0.2) is 0 Å². The Morgan fingerprint density at radius 2 is 2.27 bits per heavy atom. The fourth-order valence-electron chi connectivity index (χ4n) is 1.10. The molecule has 0 fully saturated rings. The third kappa shape index (κ3) is 0.694. The second-order valence-electron chi connectivity index (χ2n) is 2.20. The lowest BCUT2D eigenvalue weighted by molar-refractivity contribution is 2.26. The summed E-state index contributed by atoms with van der Waals surface area (Å²) in [5, 5.41) is 5.17. The van der Waals surface area contributed by atoms with E-state index in [0.717, 1.165) is 0 Å². The van der Waals surface area contributed by atoms with Crippen LogP contribution in [-0.2, 0) is 0 Å². The average molecular weight is 194 g/mol. The Morgan fingerprint density at radius 1 is 1.27 bits per heavy atom. The van der Waals surface area contributed by atoms with Crippen molar-refractivity contribution in [1.82, 2.24) is 0 Å². The van der Waals surface area contributed by atoms with Gasteiger partial charge < -0.3 is 0 Å². The van der Waals surface area contributed by atoms with Gasteiger partial charge in [0.1, 0.15) is 0 Å². The summed E-state index contributed by atoms with van der Waals surface area (Å²) in [4.78, 5) is 0. The van der Waals surface area contributed by atoms with Gasteiger partial charge in [0, 0.05) is 4.70 Å². The Bertz CT molecular complexity index is 452. The zero-order valence-electron chi connectivity index (χ0n) is 5.38. The summed E-state index contributed by atoms with van der Waals surface area (Å²) in [5.74, 6) is 0. The fourth-order valence-corrected chi connectivity index (χ4v) is 4.35. The maximum atomic E-state index is 3.11. The molecular formula is C8H2S3. The van der Waals surface area contributed by atoms with Crippen LogP contribution in [0.5, 0.6) is 0 Å². The van der Waals surface area contributed by atoms with E-state index in [2.05, 4.69) is 22.9 Å². The van der Waals surface area contributed by atoms with Crippen molar-refractivity contribution >= 4 is 52.8 Å². The van der Waals surface area contributed by atoms with Gasteiger partial charge in [-0.2, -0.15) is 0 Å². The summed E-state index contributed by atoms with van der Waals surface area (Å²) >= 11 is 5.29. The van der Waals surface area contributed by atoms with Crippen molar-refractivity contribution in [2.45, 2.75) is 0 Å². The van der Waals surface area contributed by atoms with Crippen molar-refractivity contribution in [2.75, 3.05) is 0 Å². The summed E-state index contributed by atoms with van der Waals surface area (Å²) in [5.41, 5.74) is 0. The number of thiophene rings is 2. The van der Waals surface area contributed by atoms with Gasteiger partial charge in [-0.05, 0) is 22.9 Å². The molecule has 0 bridgehead atoms. The molecule has 0 N–H and O–H groups in total. The van der Waals surface area contributed by atoms with E-state index in [1.54, 1.807) is 11.3 Å². The van der Waals surface area contributed by atoms with Gasteiger partial charge in [-0.3, -0.25) is 0 Å². The first kappa shape index (κ1) is 6.01. The van der Waals surface area contributed by atoms with E-state index >= 15 is 0 Å². The highest BCUT2D eigenvalue weighted by atomic mass is 32.1. The molecule has 0 radical (unpaired) electrons. The molecule has 3 heteroatoms. The monoisotopic (exact) mass is 194 g/mol. The first-order chi connectivity index (χ1) is 5.45. The predicted octanol–water partition coefficient (Wildman–Crippen LogP) is 3.78. The smallest absolute Gasteiger partial charge is 0.0980 e. The zero-order chi connectivity index (χ0) is 7.26. The van der Waals surface area contributed by atoms with Crippen LogP contribution in [0.4, 0.5) is 0 Å². The first-order valence-corrected chi connectivity index (χ1v) is 5.64. The van der Waals surface area contributed by atoms with Crippen LogP contribution in [0.1, 0.15) is 0 Å². The zero-order valence-corrected chi connectivity index (χ0v) is 7.83. The van der Waals surface area contributed by atoms with Crippen LogP contribution >= 0.6 is 34.0 Å². The molecule has 0 aliphatic heterocycles. The summed E-state index contributed by atoms with van der Waals surface area (Å²) in [7, 11) is 0. The van der Waals surface area contributed by atoms with E-state index in [0.29, 0.717) is 0 Å². The quantitative estimate of drug-likeness (QED) is 0.511. The van der Waals surface area contributed by atoms with Crippen LogP contribution in [0, 0.1) is 11.4 Å². The lowest BCUT2D eigenvalue weighted by Crippen LogP contribution is -1.39. The Morgan fingerprint density at radius 3 is 3.27 bits per heavy atom. The molecule has 0 aromatic carbocycles. The number of hydrogen-bond donors (Lipinski definition) is 0. The van der Waals surface area contributed by atoms with E-state index in [-0.39, 0.29) is 0 Å². The molecule has 0 saturated heterocycles. The molecule has 52 valence electrons. The summed E-state index contributed by atoms with van der Waals surface area (Å²) in [6, 6.07) is 5.29. The standard InChI is InChI=1S/C8H2S3/c1-3-9-7-5(1)11-6-2-4-10-8(6)7/h1,3H. The molecule has 0 saturated carbocycles. The average Bonchev–Trinajstić information content (AvgIpc) is 2.52. The number of hydrogen-bond acceptors (Lipinski definition) is 3. The minimum Gasteiger partial charge on any atom is -0.141 e. The molecule has 0 spiro atoms. The fraction of sp³-hybridized carbons (Fsp3) is 0. The van der Waals surface area contributed by atoms with Crippen LogP contribution < -0.4 is 0 Å². The molecule has 0 aliphatic rings. The highest BCUT2D eigenvalue weighted by molar-refractivity contribution is 7.37. The van der Waals surface area contributed by atoms with Gasteiger partial charge in [-0.25, -0.2) is 0 Å². The maximum Gasteiger partial charge on any atom is 0.0980 e. The third-order valence-corrected chi connectivity index (χ3v) is 4.78. The van der Waals surface area contributed by atoms with Crippen LogP contribution in [0.3, 0.4) is 0 Å². The topological polar surface area (TPSA) is 0 Å². The van der Waals surface area contributed by atoms with E-state index in [1.165, 1.54) is 18.8 Å². The van der Waals surface area contributed by atoms with Gasteiger partial charge in [0.15, 0.2) is 0 Å². The van der Waals surface area contributed by atoms with Crippen molar-refractivity contribution < 1.29 is 0 Å². The number of fused-ring (bicyclic) bond motifs is 3. The van der Waals surface area contributed by atoms with E-state index < -0.39 is 0 Å². The van der Waals surface area contributed by atoms with E-state index in [1.807, 2.05) is 22.7 Å². The van der Waals surface area contributed by atoms with Gasteiger partial charge >= 0.3 is 0 Å². The second-order valence-corrected chi connectivity index (χ2v) is 4.99. The van der Waals surface area contributed by atoms with Crippen molar-refractivity contribution in [3.8, 4) is 0 Å².